The molecule has 146 valence electrons. The van der Waals surface area contributed by atoms with Gasteiger partial charge in [-0.1, -0.05) is 63.2 Å². The van der Waals surface area contributed by atoms with Crippen molar-refractivity contribution in [1.82, 2.24) is 4.57 Å². The van der Waals surface area contributed by atoms with Crippen molar-refractivity contribution in [2.45, 2.75) is 46.6 Å². The summed E-state index contributed by atoms with van der Waals surface area (Å²) < 4.78 is 7.93. The van der Waals surface area contributed by atoms with Crippen LogP contribution in [-0.4, -0.2) is 17.0 Å². The van der Waals surface area contributed by atoms with Crippen LogP contribution in [0.15, 0.2) is 60.7 Å². The van der Waals surface area contributed by atoms with Gasteiger partial charge >= 0.3 is 0 Å². The van der Waals surface area contributed by atoms with Crippen molar-refractivity contribution in [2.75, 3.05) is 6.61 Å². The zero-order chi connectivity index (χ0) is 20.3. The molecule has 1 aromatic heterocycles. The number of ether oxygens (including phenoxy) is 1. The average Bonchev–Trinajstić information content (AvgIpc) is 2.95. The van der Waals surface area contributed by atoms with Gasteiger partial charge in [0.25, 0.3) is 0 Å². The van der Waals surface area contributed by atoms with E-state index in [1.807, 2.05) is 50.2 Å². The number of aromatic nitrogens is 1. The Labute approximate surface area is 168 Å². The summed E-state index contributed by atoms with van der Waals surface area (Å²) in [5, 5.41) is 0. The minimum atomic E-state index is 0.00677. The van der Waals surface area contributed by atoms with E-state index in [4.69, 9.17) is 4.74 Å². The number of hydrogen-bond acceptors (Lipinski definition) is 2. The third kappa shape index (κ3) is 4.53. The molecule has 3 aromatic rings. The van der Waals surface area contributed by atoms with Crippen molar-refractivity contribution in [3.63, 3.8) is 0 Å². The summed E-state index contributed by atoms with van der Waals surface area (Å²) in [6.07, 6.45) is 0. The van der Waals surface area contributed by atoms with E-state index in [-0.39, 0.29) is 17.8 Å². The number of hydrogen-bond donors (Lipinski definition) is 0. The van der Waals surface area contributed by atoms with Crippen LogP contribution in [-0.2, 0) is 12.0 Å². The van der Waals surface area contributed by atoms with Crippen molar-refractivity contribution in [3.8, 4) is 5.75 Å². The fourth-order valence-corrected chi connectivity index (χ4v) is 3.37. The number of benzene rings is 2. The van der Waals surface area contributed by atoms with Crippen molar-refractivity contribution >= 4 is 5.78 Å². The molecule has 0 atom stereocenters. The van der Waals surface area contributed by atoms with Gasteiger partial charge in [-0.3, -0.25) is 4.79 Å². The summed E-state index contributed by atoms with van der Waals surface area (Å²) in [5.41, 5.74) is 5.37. The van der Waals surface area contributed by atoms with Crippen LogP contribution in [0.2, 0.25) is 0 Å². The molecule has 3 nitrogen and oxygen atoms in total. The second kappa shape index (κ2) is 8.05. The highest BCUT2D eigenvalue weighted by molar-refractivity contribution is 5.98. The smallest absolute Gasteiger partial charge is 0.202 e. The second-order valence-electron chi connectivity index (χ2n) is 8.34. The summed E-state index contributed by atoms with van der Waals surface area (Å²) in [5.74, 6) is 0.728. The quantitative estimate of drug-likeness (QED) is 0.517. The Morgan fingerprint density at radius 1 is 0.964 bits per heavy atom. The summed E-state index contributed by atoms with van der Waals surface area (Å²) in [7, 11) is 0. The number of ketones is 1. The predicted molar refractivity (Wildman–Crippen MR) is 114 cm³/mol. The van der Waals surface area contributed by atoms with E-state index in [0.717, 1.165) is 29.2 Å². The molecular weight excluding hydrogens is 346 g/mol. The lowest BCUT2D eigenvalue weighted by atomic mass is 9.87. The predicted octanol–water partition coefficient (Wildman–Crippen LogP) is 5.71. The number of Topliss-reactive ketones (excluding diaryl/α,β-unsaturated/α-hetero) is 1. The van der Waals surface area contributed by atoms with Crippen LogP contribution in [0.3, 0.4) is 0 Å². The maximum absolute atomic E-state index is 12.7. The van der Waals surface area contributed by atoms with Crippen LogP contribution >= 0.6 is 0 Å². The summed E-state index contributed by atoms with van der Waals surface area (Å²) in [6, 6.07) is 20.3. The first-order valence-electron chi connectivity index (χ1n) is 9.73. The highest BCUT2D eigenvalue weighted by atomic mass is 16.5. The zero-order valence-corrected chi connectivity index (χ0v) is 17.5. The fraction of sp³-hybridized carbons (Fsp3) is 0.320. The molecule has 3 rings (SSSR count). The maximum atomic E-state index is 12.7. The van der Waals surface area contributed by atoms with Crippen molar-refractivity contribution < 1.29 is 9.53 Å². The molecule has 2 aromatic carbocycles. The fourth-order valence-electron chi connectivity index (χ4n) is 3.37. The minimum absolute atomic E-state index is 0.00677. The third-order valence-corrected chi connectivity index (χ3v) is 5.15. The molecule has 0 aliphatic heterocycles. The van der Waals surface area contributed by atoms with Crippen molar-refractivity contribution in [2.24, 2.45) is 0 Å². The molecule has 0 N–H and O–H groups in total. The maximum Gasteiger partial charge on any atom is 0.202 e. The number of aryl methyl sites for hydroxylation is 1. The molecule has 0 spiro atoms. The van der Waals surface area contributed by atoms with Gasteiger partial charge in [0.15, 0.2) is 6.61 Å². The minimum Gasteiger partial charge on any atom is -0.485 e. The molecule has 0 fully saturated rings. The van der Waals surface area contributed by atoms with Crippen LogP contribution in [0.1, 0.15) is 53.6 Å². The molecule has 0 amide bonds. The van der Waals surface area contributed by atoms with Gasteiger partial charge in [-0.05, 0) is 48.6 Å². The number of carbonyl (C=O) groups excluding carboxylic acids is 1. The highest BCUT2D eigenvalue weighted by Gasteiger charge is 2.17. The molecule has 0 aliphatic rings. The van der Waals surface area contributed by atoms with Gasteiger partial charge in [-0.25, -0.2) is 0 Å². The van der Waals surface area contributed by atoms with Crippen LogP contribution in [0.25, 0.3) is 0 Å². The van der Waals surface area contributed by atoms with Gasteiger partial charge in [0.05, 0.1) is 0 Å². The number of nitrogens with zero attached hydrogens (tertiary/aromatic N) is 1. The molecular formula is C25H29NO2. The summed E-state index contributed by atoms with van der Waals surface area (Å²) in [6.45, 7) is 11.4. The van der Waals surface area contributed by atoms with E-state index >= 15 is 0 Å². The topological polar surface area (TPSA) is 31.2 Å². The molecule has 0 saturated carbocycles. The average molecular weight is 376 g/mol. The summed E-state index contributed by atoms with van der Waals surface area (Å²) in [4.78, 5) is 12.7. The normalized spacial score (nSPS) is 11.5. The Morgan fingerprint density at radius 3 is 2.21 bits per heavy atom. The van der Waals surface area contributed by atoms with E-state index in [1.54, 1.807) is 0 Å². The van der Waals surface area contributed by atoms with E-state index < -0.39 is 0 Å². The second-order valence-corrected chi connectivity index (χ2v) is 8.34. The van der Waals surface area contributed by atoms with Crippen molar-refractivity contribution in [1.29, 1.82) is 0 Å². The molecule has 0 radical (unpaired) electrons. The zero-order valence-electron chi connectivity index (χ0n) is 17.5. The van der Waals surface area contributed by atoms with Crippen molar-refractivity contribution in [3.05, 3.63) is 88.7 Å². The van der Waals surface area contributed by atoms with Gasteiger partial charge in [0, 0.05) is 23.5 Å². The molecule has 0 unspecified atom stereocenters. The standard InChI is InChI=1S/C25H29NO2/c1-18-15-23(19(2)26(18)16-20-9-7-6-8-10-20)24(27)17-28-22-13-11-21(12-14-22)25(3,4)5/h6-15H,16-17H2,1-5H3. The number of rotatable bonds is 6. The first-order chi connectivity index (χ1) is 13.3. The molecule has 3 heteroatoms. The lowest BCUT2D eigenvalue weighted by Gasteiger charge is -2.19. The Balaban J connectivity index is 1.69. The van der Waals surface area contributed by atoms with E-state index in [1.165, 1.54) is 11.1 Å². The highest BCUT2D eigenvalue weighted by Crippen LogP contribution is 2.24. The monoisotopic (exact) mass is 375 g/mol. The Morgan fingerprint density at radius 2 is 1.61 bits per heavy atom. The first kappa shape index (κ1) is 19.9. The molecule has 28 heavy (non-hydrogen) atoms. The first-order valence-corrected chi connectivity index (χ1v) is 9.73. The van der Waals surface area contributed by atoms with Gasteiger partial charge in [-0.2, -0.15) is 0 Å². The largest absolute Gasteiger partial charge is 0.485 e. The Bertz CT molecular complexity index is 945. The number of carbonyl (C=O) groups is 1. The molecule has 0 saturated heterocycles. The molecule has 0 aliphatic carbocycles. The molecule has 0 bridgehead atoms. The van der Waals surface area contributed by atoms with Gasteiger partial charge in [0.2, 0.25) is 5.78 Å². The van der Waals surface area contributed by atoms with E-state index in [0.29, 0.717) is 0 Å². The lowest BCUT2D eigenvalue weighted by molar-refractivity contribution is 0.0920. The van der Waals surface area contributed by atoms with E-state index in [2.05, 4.69) is 49.6 Å². The lowest BCUT2D eigenvalue weighted by Crippen LogP contribution is -2.14. The SMILES string of the molecule is Cc1cc(C(=O)COc2ccc(C(C)(C)C)cc2)c(C)n1Cc1ccccc1. The Hall–Kier alpha value is -2.81. The van der Waals surface area contributed by atoms with Gasteiger partial charge < -0.3 is 9.30 Å². The van der Waals surface area contributed by atoms with Crippen LogP contribution in [0.5, 0.6) is 5.75 Å². The third-order valence-electron chi connectivity index (χ3n) is 5.15. The van der Waals surface area contributed by atoms with E-state index in [9.17, 15) is 4.79 Å². The molecule has 1 heterocycles. The van der Waals surface area contributed by atoms with Gasteiger partial charge in [-0.15, -0.1) is 0 Å². The van der Waals surface area contributed by atoms with Crippen LogP contribution in [0, 0.1) is 13.8 Å². The van der Waals surface area contributed by atoms with Gasteiger partial charge in [0.1, 0.15) is 5.75 Å². The summed E-state index contributed by atoms with van der Waals surface area (Å²) >= 11 is 0. The van der Waals surface area contributed by atoms with Crippen LogP contribution in [0.4, 0.5) is 0 Å². The van der Waals surface area contributed by atoms with Crippen LogP contribution < -0.4 is 4.74 Å². The Kier molecular flexibility index (Phi) is 5.73.